The van der Waals surface area contributed by atoms with Crippen molar-refractivity contribution in [1.82, 2.24) is 9.97 Å². The quantitative estimate of drug-likeness (QED) is 0.894. The summed E-state index contributed by atoms with van der Waals surface area (Å²) in [5.41, 5.74) is 1.14. The van der Waals surface area contributed by atoms with Gasteiger partial charge in [-0.15, -0.1) is 0 Å². The van der Waals surface area contributed by atoms with E-state index in [9.17, 15) is 0 Å². The molecule has 0 unspecified atom stereocenters. The van der Waals surface area contributed by atoms with E-state index in [0.29, 0.717) is 24.1 Å². The molecular weight excluding hydrogens is 242 g/mol. The summed E-state index contributed by atoms with van der Waals surface area (Å²) in [7, 11) is 3.41. The molecule has 0 saturated carbocycles. The van der Waals surface area contributed by atoms with Crippen molar-refractivity contribution in [3.8, 4) is 11.6 Å². The summed E-state index contributed by atoms with van der Waals surface area (Å²) >= 11 is 0. The lowest BCUT2D eigenvalue weighted by Gasteiger charge is -2.09. The maximum Gasteiger partial charge on any atom is 0.224 e. The van der Waals surface area contributed by atoms with E-state index >= 15 is 0 Å². The van der Waals surface area contributed by atoms with Crippen LogP contribution >= 0.6 is 0 Å². The van der Waals surface area contributed by atoms with Gasteiger partial charge in [0.25, 0.3) is 0 Å². The molecule has 0 aliphatic carbocycles. The highest BCUT2D eigenvalue weighted by Gasteiger charge is 2.06. The lowest BCUT2D eigenvalue weighted by Crippen LogP contribution is -2.03. The van der Waals surface area contributed by atoms with Crippen LogP contribution in [0.5, 0.6) is 11.6 Å². The predicted octanol–water partition coefficient (Wildman–Crippen LogP) is 2.77. The summed E-state index contributed by atoms with van der Waals surface area (Å²) in [6, 6.07) is 9.56. The Morgan fingerprint density at radius 2 is 2.05 bits per heavy atom. The van der Waals surface area contributed by atoms with E-state index < -0.39 is 0 Å². The number of rotatable bonds is 5. The van der Waals surface area contributed by atoms with Gasteiger partial charge in [0.2, 0.25) is 5.88 Å². The Labute approximate surface area is 112 Å². The van der Waals surface area contributed by atoms with Crippen LogP contribution in [0.1, 0.15) is 11.4 Å². The second-order valence-corrected chi connectivity index (χ2v) is 4.11. The summed E-state index contributed by atoms with van der Waals surface area (Å²) in [6.07, 6.45) is 0. The van der Waals surface area contributed by atoms with Crippen LogP contribution < -0.4 is 10.1 Å². The van der Waals surface area contributed by atoms with Crippen LogP contribution in [0.3, 0.4) is 0 Å². The number of methoxy groups -OCH3 is 1. The van der Waals surface area contributed by atoms with Gasteiger partial charge in [0.05, 0.1) is 0 Å². The van der Waals surface area contributed by atoms with Gasteiger partial charge in [0, 0.05) is 20.2 Å². The van der Waals surface area contributed by atoms with Gasteiger partial charge in [-0.1, -0.05) is 12.1 Å². The Morgan fingerprint density at radius 1 is 1.21 bits per heavy atom. The Balaban J connectivity index is 2.26. The molecule has 100 valence electrons. The molecule has 0 aliphatic rings. The van der Waals surface area contributed by atoms with Crippen LogP contribution in [0.15, 0.2) is 30.3 Å². The van der Waals surface area contributed by atoms with E-state index in [1.54, 1.807) is 20.2 Å². The van der Waals surface area contributed by atoms with Crippen molar-refractivity contribution in [2.24, 2.45) is 0 Å². The van der Waals surface area contributed by atoms with Gasteiger partial charge in [0.15, 0.2) is 5.82 Å². The predicted molar refractivity (Wildman–Crippen MR) is 73.5 cm³/mol. The first kappa shape index (κ1) is 13.3. The average Bonchev–Trinajstić information content (AvgIpc) is 2.39. The summed E-state index contributed by atoms with van der Waals surface area (Å²) in [5.74, 6) is 2.53. The molecule has 1 aromatic heterocycles. The normalized spacial score (nSPS) is 10.3. The van der Waals surface area contributed by atoms with Gasteiger partial charge in [0.1, 0.15) is 18.2 Å². The standard InChI is InChI=1S/C14H17N3O2/c1-10-5-4-6-11(7-10)19-14-8-12(15-2)16-13(17-14)9-18-3/h4-8H,9H2,1-3H3,(H,15,16,17). The summed E-state index contributed by atoms with van der Waals surface area (Å²) in [4.78, 5) is 8.57. The molecule has 5 heteroatoms. The van der Waals surface area contributed by atoms with E-state index in [1.807, 2.05) is 31.2 Å². The molecule has 0 bridgehead atoms. The monoisotopic (exact) mass is 259 g/mol. The van der Waals surface area contributed by atoms with E-state index in [2.05, 4.69) is 15.3 Å². The smallest absolute Gasteiger partial charge is 0.224 e. The first-order chi connectivity index (χ1) is 9.21. The van der Waals surface area contributed by atoms with E-state index in [-0.39, 0.29) is 0 Å². The van der Waals surface area contributed by atoms with Gasteiger partial charge in [-0.2, -0.15) is 4.98 Å². The fourth-order valence-electron chi connectivity index (χ4n) is 1.65. The maximum absolute atomic E-state index is 5.74. The number of benzene rings is 1. The molecular formula is C14H17N3O2. The SMILES string of the molecule is CNc1cc(Oc2cccc(C)c2)nc(COC)n1. The molecule has 0 saturated heterocycles. The topological polar surface area (TPSA) is 56.3 Å². The maximum atomic E-state index is 5.74. The zero-order valence-corrected chi connectivity index (χ0v) is 11.3. The second-order valence-electron chi connectivity index (χ2n) is 4.11. The number of aromatic nitrogens is 2. The Hall–Kier alpha value is -2.14. The zero-order valence-electron chi connectivity index (χ0n) is 11.3. The van der Waals surface area contributed by atoms with Gasteiger partial charge >= 0.3 is 0 Å². The van der Waals surface area contributed by atoms with Crippen molar-refractivity contribution in [2.75, 3.05) is 19.5 Å². The van der Waals surface area contributed by atoms with Crippen LogP contribution in [-0.4, -0.2) is 24.1 Å². The molecule has 1 heterocycles. The highest BCUT2D eigenvalue weighted by atomic mass is 16.5. The first-order valence-corrected chi connectivity index (χ1v) is 6.00. The first-order valence-electron chi connectivity index (χ1n) is 6.00. The van der Waals surface area contributed by atoms with E-state index in [1.165, 1.54) is 0 Å². The summed E-state index contributed by atoms with van der Waals surface area (Å²) in [5, 5.41) is 2.98. The number of nitrogens with zero attached hydrogens (tertiary/aromatic N) is 2. The molecule has 0 radical (unpaired) electrons. The molecule has 0 atom stereocenters. The average molecular weight is 259 g/mol. The fourth-order valence-corrected chi connectivity index (χ4v) is 1.65. The number of hydrogen-bond donors (Lipinski definition) is 1. The minimum atomic E-state index is 0.347. The molecule has 2 aromatic rings. The Morgan fingerprint density at radius 3 is 2.74 bits per heavy atom. The molecule has 1 aromatic carbocycles. The minimum Gasteiger partial charge on any atom is -0.439 e. The fraction of sp³-hybridized carbons (Fsp3) is 0.286. The van der Waals surface area contributed by atoms with E-state index in [0.717, 1.165) is 11.3 Å². The molecule has 0 spiro atoms. The summed E-state index contributed by atoms with van der Waals surface area (Å²) in [6.45, 7) is 2.36. The lowest BCUT2D eigenvalue weighted by atomic mass is 10.2. The molecule has 1 N–H and O–H groups in total. The number of aryl methyl sites for hydroxylation is 1. The van der Waals surface area contributed by atoms with Crippen LogP contribution in [0.2, 0.25) is 0 Å². The van der Waals surface area contributed by atoms with Crippen molar-refractivity contribution in [1.29, 1.82) is 0 Å². The van der Waals surface area contributed by atoms with Crippen LogP contribution in [-0.2, 0) is 11.3 Å². The molecule has 0 fully saturated rings. The molecule has 19 heavy (non-hydrogen) atoms. The van der Waals surface area contributed by atoms with Crippen molar-refractivity contribution in [3.63, 3.8) is 0 Å². The summed E-state index contributed by atoms with van der Waals surface area (Å²) < 4.78 is 10.8. The van der Waals surface area contributed by atoms with Crippen molar-refractivity contribution < 1.29 is 9.47 Å². The number of nitrogens with one attached hydrogen (secondary N) is 1. The number of hydrogen-bond acceptors (Lipinski definition) is 5. The number of ether oxygens (including phenoxy) is 2. The minimum absolute atomic E-state index is 0.347. The van der Waals surface area contributed by atoms with Crippen molar-refractivity contribution in [3.05, 3.63) is 41.7 Å². The largest absolute Gasteiger partial charge is 0.439 e. The molecule has 5 nitrogen and oxygen atoms in total. The van der Waals surface area contributed by atoms with Crippen molar-refractivity contribution >= 4 is 5.82 Å². The molecule has 0 amide bonds. The van der Waals surface area contributed by atoms with E-state index in [4.69, 9.17) is 9.47 Å². The van der Waals surface area contributed by atoms with Crippen LogP contribution in [0.4, 0.5) is 5.82 Å². The Bertz CT molecular complexity index is 558. The van der Waals surface area contributed by atoms with Gasteiger partial charge in [-0.3, -0.25) is 0 Å². The third-order valence-corrected chi connectivity index (χ3v) is 2.49. The highest BCUT2D eigenvalue weighted by molar-refractivity contribution is 5.39. The number of anilines is 1. The van der Waals surface area contributed by atoms with Gasteiger partial charge in [-0.25, -0.2) is 4.98 Å². The lowest BCUT2D eigenvalue weighted by molar-refractivity contribution is 0.177. The third kappa shape index (κ3) is 3.66. The molecule has 2 rings (SSSR count). The second kappa shape index (κ2) is 6.15. The van der Waals surface area contributed by atoms with Crippen LogP contribution in [0.25, 0.3) is 0 Å². The zero-order chi connectivity index (χ0) is 13.7. The molecule has 0 aliphatic heterocycles. The van der Waals surface area contributed by atoms with Crippen molar-refractivity contribution in [2.45, 2.75) is 13.5 Å². The van der Waals surface area contributed by atoms with Crippen LogP contribution in [0, 0.1) is 6.92 Å². The van der Waals surface area contributed by atoms with Gasteiger partial charge < -0.3 is 14.8 Å². The van der Waals surface area contributed by atoms with Gasteiger partial charge in [-0.05, 0) is 24.6 Å². The Kier molecular flexibility index (Phi) is 4.30. The highest BCUT2D eigenvalue weighted by Crippen LogP contribution is 2.22. The third-order valence-electron chi connectivity index (χ3n) is 2.49.